The van der Waals surface area contributed by atoms with Gasteiger partial charge >= 0.3 is 6.18 Å². The molecule has 2 rings (SSSR count). The van der Waals surface area contributed by atoms with Crippen molar-refractivity contribution in [1.82, 2.24) is 15.6 Å². The van der Waals surface area contributed by atoms with Crippen LogP contribution in [0.4, 0.5) is 13.2 Å². The summed E-state index contributed by atoms with van der Waals surface area (Å²) in [6.45, 7) is 2.61. The van der Waals surface area contributed by atoms with Crippen molar-refractivity contribution in [3.63, 3.8) is 0 Å². The minimum absolute atomic E-state index is 0. The second-order valence-corrected chi connectivity index (χ2v) is 5.93. The Bertz CT molecular complexity index is 489. The molecule has 1 saturated heterocycles. The second-order valence-electron chi connectivity index (χ2n) is 5.04. The van der Waals surface area contributed by atoms with E-state index in [4.69, 9.17) is 0 Å². The van der Waals surface area contributed by atoms with E-state index in [0.717, 1.165) is 42.5 Å². The van der Waals surface area contributed by atoms with Gasteiger partial charge in [-0.05, 0) is 25.8 Å². The van der Waals surface area contributed by atoms with Gasteiger partial charge in [0.25, 0.3) is 0 Å². The van der Waals surface area contributed by atoms with Crippen LogP contribution in [0.25, 0.3) is 0 Å². The van der Waals surface area contributed by atoms with E-state index in [1.807, 2.05) is 6.92 Å². The summed E-state index contributed by atoms with van der Waals surface area (Å²) in [6.07, 6.45) is -1.15. The van der Waals surface area contributed by atoms with Crippen LogP contribution >= 0.6 is 23.7 Å². The highest BCUT2D eigenvalue weighted by molar-refractivity contribution is 7.09. The van der Waals surface area contributed by atoms with Crippen LogP contribution < -0.4 is 10.6 Å². The summed E-state index contributed by atoms with van der Waals surface area (Å²) in [5.41, 5.74) is -0.897. The molecule has 2 atom stereocenters. The van der Waals surface area contributed by atoms with Crippen LogP contribution in [0.2, 0.25) is 0 Å². The third-order valence-corrected chi connectivity index (χ3v) is 4.42. The van der Waals surface area contributed by atoms with Crippen molar-refractivity contribution in [2.24, 2.45) is 0 Å². The molecule has 0 radical (unpaired) electrons. The zero-order valence-corrected chi connectivity index (χ0v) is 13.7. The van der Waals surface area contributed by atoms with Crippen LogP contribution in [0, 0.1) is 0 Å². The number of nitrogens with zero attached hydrogens (tertiary/aromatic N) is 1. The zero-order chi connectivity index (χ0) is 15.5. The van der Waals surface area contributed by atoms with Gasteiger partial charge in [0.15, 0.2) is 5.69 Å². The van der Waals surface area contributed by atoms with E-state index < -0.39 is 17.9 Å². The first-order chi connectivity index (χ1) is 9.91. The monoisotopic (exact) mass is 357 g/mol. The average molecular weight is 358 g/mol. The highest BCUT2D eigenvalue weighted by atomic mass is 35.5. The summed E-state index contributed by atoms with van der Waals surface area (Å²) < 4.78 is 37.7. The van der Waals surface area contributed by atoms with Gasteiger partial charge in [-0.1, -0.05) is 13.3 Å². The molecular weight excluding hydrogens is 339 g/mol. The van der Waals surface area contributed by atoms with E-state index in [2.05, 4.69) is 15.6 Å². The lowest BCUT2D eigenvalue weighted by atomic mass is 10.0. The number of carbonyl (C=O) groups is 1. The lowest BCUT2D eigenvalue weighted by Gasteiger charge is -2.24. The van der Waals surface area contributed by atoms with Gasteiger partial charge < -0.3 is 10.6 Å². The molecule has 126 valence electrons. The van der Waals surface area contributed by atoms with Crippen LogP contribution in [0.15, 0.2) is 5.38 Å². The maximum Gasteiger partial charge on any atom is 0.434 e. The molecule has 0 bridgehead atoms. The van der Waals surface area contributed by atoms with Crippen molar-refractivity contribution in [2.75, 3.05) is 6.54 Å². The summed E-state index contributed by atoms with van der Waals surface area (Å²) in [7, 11) is 0. The molecule has 1 aromatic heterocycles. The number of carbonyl (C=O) groups excluding carboxylic acids is 1. The number of amides is 1. The molecule has 2 N–H and O–H groups in total. The number of nitrogens with one attached hydrogen (secondary N) is 2. The van der Waals surface area contributed by atoms with Gasteiger partial charge in [0.2, 0.25) is 5.91 Å². The van der Waals surface area contributed by atoms with E-state index >= 15 is 0 Å². The quantitative estimate of drug-likeness (QED) is 0.869. The summed E-state index contributed by atoms with van der Waals surface area (Å²) in [5, 5.41) is 7.21. The van der Waals surface area contributed by atoms with Gasteiger partial charge in [-0.25, -0.2) is 4.98 Å². The first-order valence-corrected chi connectivity index (χ1v) is 7.86. The molecule has 1 aliphatic rings. The van der Waals surface area contributed by atoms with Gasteiger partial charge in [0.1, 0.15) is 5.01 Å². The number of piperidine rings is 1. The highest BCUT2D eigenvalue weighted by Crippen LogP contribution is 2.32. The van der Waals surface area contributed by atoms with Crippen molar-refractivity contribution in [1.29, 1.82) is 0 Å². The minimum atomic E-state index is -4.44. The molecule has 1 fully saturated rings. The van der Waals surface area contributed by atoms with Crippen LogP contribution in [0.3, 0.4) is 0 Å². The van der Waals surface area contributed by atoms with Crippen LogP contribution in [0.1, 0.15) is 49.4 Å². The van der Waals surface area contributed by atoms with Gasteiger partial charge in [-0.15, -0.1) is 23.7 Å². The van der Waals surface area contributed by atoms with Gasteiger partial charge in [0, 0.05) is 5.38 Å². The predicted molar refractivity (Wildman–Crippen MR) is 81.2 cm³/mol. The third kappa shape index (κ3) is 4.82. The van der Waals surface area contributed by atoms with E-state index in [9.17, 15) is 18.0 Å². The zero-order valence-electron chi connectivity index (χ0n) is 12.1. The van der Waals surface area contributed by atoms with Crippen LogP contribution in [-0.4, -0.2) is 23.5 Å². The van der Waals surface area contributed by atoms with E-state index in [1.54, 1.807) is 0 Å². The summed E-state index contributed by atoms with van der Waals surface area (Å²) in [4.78, 5) is 15.7. The Morgan fingerprint density at radius 2 is 2.27 bits per heavy atom. The molecule has 4 nitrogen and oxygen atoms in total. The van der Waals surface area contributed by atoms with Gasteiger partial charge in [0.05, 0.1) is 12.1 Å². The van der Waals surface area contributed by atoms with Gasteiger partial charge in [-0.3, -0.25) is 4.79 Å². The van der Waals surface area contributed by atoms with Crippen molar-refractivity contribution < 1.29 is 18.0 Å². The third-order valence-electron chi connectivity index (χ3n) is 3.46. The average Bonchev–Trinajstić information content (AvgIpc) is 2.95. The first-order valence-electron chi connectivity index (χ1n) is 6.98. The summed E-state index contributed by atoms with van der Waals surface area (Å²) in [5.74, 6) is -0.162. The molecule has 9 heteroatoms. The maximum absolute atomic E-state index is 12.6. The lowest BCUT2D eigenvalue weighted by molar-refractivity contribution is -0.140. The first kappa shape index (κ1) is 19.2. The maximum atomic E-state index is 12.6. The van der Waals surface area contributed by atoms with Crippen molar-refractivity contribution in [2.45, 2.75) is 50.9 Å². The SMILES string of the molecule is CCC(NC(=O)C1CCCCN1)c1nc(C(F)(F)F)cs1.Cl. The Hall–Kier alpha value is -0.860. The predicted octanol–water partition coefficient (Wildman–Crippen LogP) is 3.29. The molecule has 0 spiro atoms. The Morgan fingerprint density at radius 3 is 2.77 bits per heavy atom. The number of halogens is 4. The van der Waals surface area contributed by atoms with E-state index in [0.29, 0.717) is 11.4 Å². The number of thiazole rings is 1. The summed E-state index contributed by atoms with van der Waals surface area (Å²) >= 11 is 0.932. The standard InChI is InChI=1S/C13H18F3N3OS.ClH/c1-2-8(12-19-10(7-21-12)13(14,15)16)18-11(20)9-5-3-4-6-17-9;/h7-9,17H,2-6H2,1H3,(H,18,20);1H. The fourth-order valence-electron chi connectivity index (χ4n) is 2.26. The summed E-state index contributed by atoms with van der Waals surface area (Å²) in [6, 6.07) is -0.725. The Labute approximate surface area is 137 Å². The molecular formula is C13H19ClF3N3OS. The Balaban J connectivity index is 0.00000242. The largest absolute Gasteiger partial charge is 0.434 e. The van der Waals surface area contributed by atoms with Crippen LogP contribution in [0.5, 0.6) is 0 Å². The number of hydrogen-bond acceptors (Lipinski definition) is 4. The number of rotatable bonds is 4. The lowest BCUT2D eigenvalue weighted by Crippen LogP contribution is -2.47. The Kier molecular flexibility index (Phi) is 7.08. The molecule has 1 aromatic rings. The molecule has 1 amide bonds. The number of alkyl halides is 3. The molecule has 0 saturated carbocycles. The Morgan fingerprint density at radius 1 is 1.55 bits per heavy atom. The number of hydrogen-bond donors (Lipinski definition) is 2. The topological polar surface area (TPSA) is 54.0 Å². The number of aromatic nitrogens is 1. The second kappa shape index (κ2) is 8.12. The van der Waals surface area contributed by atoms with Crippen molar-refractivity contribution >= 4 is 29.7 Å². The van der Waals surface area contributed by atoms with E-state index in [-0.39, 0.29) is 24.4 Å². The van der Waals surface area contributed by atoms with Crippen molar-refractivity contribution in [3.8, 4) is 0 Å². The smallest absolute Gasteiger partial charge is 0.346 e. The van der Waals surface area contributed by atoms with Crippen LogP contribution in [-0.2, 0) is 11.0 Å². The minimum Gasteiger partial charge on any atom is -0.346 e. The van der Waals surface area contributed by atoms with Gasteiger partial charge in [-0.2, -0.15) is 13.2 Å². The van der Waals surface area contributed by atoms with Crippen molar-refractivity contribution in [3.05, 3.63) is 16.1 Å². The molecule has 0 aliphatic carbocycles. The molecule has 22 heavy (non-hydrogen) atoms. The molecule has 2 heterocycles. The van der Waals surface area contributed by atoms with E-state index in [1.165, 1.54) is 0 Å². The molecule has 2 unspecified atom stereocenters. The molecule has 0 aromatic carbocycles. The highest BCUT2D eigenvalue weighted by Gasteiger charge is 2.34. The fraction of sp³-hybridized carbons (Fsp3) is 0.692. The normalized spacial score (nSPS) is 20.1. The fourth-order valence-corrected chi connectivity index (χ4v) is 3.22. The molecule has 1 aliphatic heterocycles.